The molecule has 34 heavy (non-hydrogen) atoms. The predicted molar refractivity (Wildman–Crippen MR) is 137 cm³/mol. The summed E-state index contributed by atoms with van der Waals surface area (Å²) in [6.45, 7) is 2.02. The van der Waals surface area contributed by atoms with E-state index < -0.39 is 9.84 Å². The molecule has 0 saturated heterocycles. The van der Waals surface area contributed by atoms with E-state index >= 15 is 0 Å². The van der Waals surface area contributed by atoms with E-state index in [1.54, 1.807) is 18.3 Å². The number of anilines is 2. The maximum Gasteiger partial charge on any atom is 0.223 e. The minimum absolute atomic E-state index is 0.167. The number of benzene rings is 2. The lowest BCUT2D eigenvalue weighted by Gasteiger charge is -2.06. The third kappa shape index (κ3) is 7.65. The van der Waals surface area contributed by atoms with Crippen molar-refractivity contribution in [2.45, 2.75) is 31.1 Å². The average Bonchev–Trinajstić information content (AvgIpc) is 3.16. The lowest BCUT2D eigenvalue weighted by Crippen LogP contribution is -2.15. The molecule has 0 aliphatic rings. The molecule has 0 atom stereocenters. The monoisotopic (exact) mass is 500 g/mol. The first-order chi connectivity index (χ1) is 16.2. The van der Waals surface area contributed by atoms with Crippen molar-refractivity contribution >= 4 is 44.1 Å². The molecule has 3 aromatic rings. The lowest BCUT2D eigenvalue weighted by atomic mass is 10.0. The number of nitrogens with zero attached hydrogens (tertiary/aromatic N) is 2. The third-order valence-electron chi connectivity index (χ3n) is 4.95. The van der Waals surface area contributed by atoms with Gasteiger partial charge in [-0.05, 0) is 48.2 Å². The maximum absolute atomic E-state index is 11.7. The number of hydrogen-bond donors (Lipinski definition) is 4. The van der Waals surface area contributed by atoms with E-state index in [-0.39, 0.29) is 5.91 Å². The molecule has 1 heterocycles. The SMILES string of the molecule is CC(=O)Nc1nc(CCc2ccc(NCC=NNN)cc2)c(Cc2ccc(S(C)(=O)=O)cc2)s1. The second-order valence-corrected chi connectivity index (χ2v) is 10.8. The molecule has 0 saturated carbocycles. The number of hydrogen-bond acceptors (Lipinski definition) is 9. The van der Waals surface area contributed by atoms with Crippen LogP contribution in [0.15, 0.2) is 58.5 Å². The lowest BCUT2D eigenvalue weighted by molar-refractivity contribution is -0.114. The fraction of sp³-hybridized carbons (Fsp3) is 0.261. The number of aryl methyl sites for hydroxylation is 2. The van der Waals surface area contributed by atoms with E-state index in [4.69, 9.17) is 5.84 Å². The summed E-state index contributed by atoms with van der Waals surface area (Å²) in [4.78, 5) is 17.5. The van der Waals surface area contributed by atoms with Gasteiger partial charge in [-0.1, -0.05) is 24.3 Å². The highest BCUT2D eigenvalue weighted by atomic mass is 32.2. The summed E-state index contributed by atoms with van der Waals surface area (Å²) < 4.78 is 23.4. The van der Waals surface area contributed by atoms with Crippen molar-refractivity contribution < 1.29 is 13.2 Å². The summed E-state index contributed by atoms with van der Waals surface area (Å²) in [5.41, 5.74) is 6.26. The molecular weight excluding hydrogens is 472 g/mol. The van der Waals surface area contributed by atoms with E-state index in [0.717, 1.165) is 28.2 Å². The minimum atomic E-state index is -3.24. The van der Waals surface area contributed by atoms with Crippen LogP contribution in [-0.4, -0.2) is 38.3 Å². The van der Waals surface area contributed by atoms with Gasteiger partial charge in [-0.15, -0.1) is 11.3 Å². The zero-order chi connectivity index (χ0) is 24.6. The standard InChI is InChI=1S/C23H28N6O3S2/c1-16(30)27-23-28-21(12-7-17-3-8-19(9-4-17)25-13-14-26-29-24)22(33-23)15-18-5-10-20(11-6-18)34(2,31)32/h3-6,8-11,14,25,29H,7,12-13,15,24H2,1-2H3,(H,27,28,30). The van der Waals surface area contributed by atoms with E-state index in [0.29, 0.717) is 29.4 Å². The Kier molecular flexibility index (Phi) is 8.74. The summed E-state index contributed by atoms with van der Waals surface area (Å²) in [6.07, 6.45) is 4.95. The number of carbonyl (C=O) groups excluding carboxylic acids is 1. The highest BCUT2D eigenvalue weighted by molar-refractivity contribution is 7.90. The van der Waals surface area contributed by atoms with Crippen molar-refractivity contribution in [2.24, 2.45) is 10.9 Å². The Morgan fingerprint density at radius 1 is 1.09 bits per heavy atom. The first-order valence-electron chi connectivity index (χ1n) is 10.6. The molecule has 2 aromatic carbocycles. The Bertz CT molecular complexity index is 1240. The van der Waals surface area contributed by atoms with Gasteiger partial charge in [-0.3, -0.25) is 4.79 Å². The van der Waals surface area contributed by atoms with Gasteiger partial charge in [0.15, 0.2) is 15.0 Å². The number of nitrogens with two attached hydrogens (primary N) is 1. The largest absolute Gasteiger partial charge is 0.380 e. The molecule has 1 aromatic heterocycles. The van der Waals surface area contributed by atoms with Crippen molar-refractivity contribution in [1.29, 1.82) is 0 Å². The van der Waals surface area contributed by atoms with Crippen LogP contribution in [0.4, 0.5) is 10.8 Å². The fourth-order valence-electron chi connectivity index (χ4n) is 3.27. The molecule has 0 aliphatic heterocycles. The van der Waals surface area contributed by atoms with Crippen LogP contribution in [0.3, 0.4) is 0 Å². The van der Waals surface area contributed by atoms with E-state index in [1.807, 2.05) is 24.3 Å². The number of amides is 1. The number of hydrazone groups is 1. The van der Waals surface area contributed by atoms with Crippen molar-refractivity contribution in [1.82, 2.24) is 10.5 Å². The Hall–Kier alpha value is -3.28. The van der Waals surface area contributed by atoms with Crippen LogP contribution in [0.5, 0.6) is 0 Å². The van der Waals surface area contributed by atoms with Gasteiger partial charge >= 0.3 is 0 Å². The van der Waals surface area contributed by atoms with E-state index in [2.05, 4.69) is 38.4 Å². The minimum Gasteiger partial charge on any atom is -0.380 e. The molecular formula is C23H28N6O3S2. The van der Waals surface area contributed by atoms with Gasteiger partial charge in [0.2, 0.25) is 5.91 Å². The highest BCUT2D eigenvalue weighted by Crippen LogP contribution is 2.27. The third-order valence-corrected chi connectivity index (χ3v) is 7.09. The van der Waals surface area contributed by atoms with E-state index in [1.165, 1.54) is 30.1 Å². The first-order valence-corrected chi connectivity index (χ1v) is 13.3. The second kappa shape index (κ2) is 11.7. The predicted octanol–water partition coefficient (Wildman–Crippen LogP) is 2.74. The molecule has 0 unspecified atom stereocenters. The Morgan fingerprint density at radius 2 is 1.76 bits per heavy atom. The molecule has 3 rings (SSSR count). The van der Waals surface area contributed by atoms with Crippen molar-refractivity contribution in [3.8, 4) is 0 Å². The average molecular weight is 501 g/mol. The number of thiazole rings is 1. The van der Waals surface area contributed by atoms with Crippen LogP contribution < -0.4 is 22.0 Å². The van der Waals surface area contributed by atoms with Gasteiger partial charge in [0.25, 0.3) is 0 Å². The van der Waals surface area contributed by atoms with Gasteiger partial charge in [0.1, 0.15) is 0 Å². The Labute approximate surface area is 203 Å². The summed E-state index contributed by atoms with van der Waals surface area (Å²) in [7, 11) is -3.24. The van der Waals surface area contributed by atoms with Crippen LogP contribution in [-0.2, 0) is 33.9 Å². The molecule has 0 bridgehead atoms. The van der Waals surface area contributed by atoms with Gasteiger partial charge in [0.05, 0.1) is 17.1 Å². The number of carbonyl (C=O) groups is 1. The highest BCUT2D eigenvalue weighted by Gasteiger charge is 2.14. The second-order valence-electron chi connectivity index (χ2n) is 7.68. The Balaban J connectivity index is 1.70. The molecule has 0 fully saturated rings. The zero-order valence-electron chi connectivity index (χ0n) is 19.0. The first kappa shape index (κ1) is 25.3. The van der Waals surface area contributed by atoms with Crippen molar-refractivity contribution in [3.63, 3.8) is 0 Å². The van der Waals surface area contributed by atoms with Crippen LogP contribution in [0.1, 0.15) is 28.6 Å². The number of nitrogens with one attached hydrogen (secondary N) is 3. The van der Waals surface area contributed by atoms with Crippen molar-refractivity contribution in [3.05, 3.63) is 70.2 Å². The van der Waals surface area contributed by atoms with Gasteiger partial charge in [0, 0.05) is 36.4 Å². The normalized spacial score (nSPS) is 11.5. The summed E-state index contributed by atoms with van der Waals surface area (Å²) >= 11 is 1.45. The van der Waals surface area contributed by atoms with Gasteiger partial charge < -0.3 is 10.6 Å². The van der Waals surface area contributed by atoms with Gasteiger partial charge in [-0.2, -0.15) is 5.10 Å². The molecule has 11 heteroatoms. The smallest absolute Gasteiger partial charge is 0.223 e. The molecule has 5 N–H and O–H groups in total. The van der Waals surface area contributed by atoms with Crippen LogP contribution in [0.2, 0.25) is 0 Å². The van der Waals surface area contributed by atoms with Gasteiger partial charge in [-0.25, -0.2) is 24.8 Å². The topological polar surface area (TPSA) is 139 Å². The maximum atomic E-state index is 11.7. The fourth-order valence-corrected chi connectivity index (χ4v) is 4.99. The molecule has 0 aliphatic carbocycles. The number of aromatic nitrogens is 1. The molecule has 0 radical (unpaired) electrons. The summed E-state index contributed by atoms with van der Waals surface area (Å²) in [5, 5.41) is 10.3. The van der Waals surface area contributed by atoms with Crippen LogP contribution in [0, 0.1) is 0 Å². The number of rotatable bonds is 11. The molecule has 9 nitrogen and oxygen atoms in total. The quantitative estimate of drug-likeness (QED) is 0.180. The van der Waals surface area contributed by atoms with E-state index in [9.17, 15) is 13.2 Å². The summed E-state index contributed by atoms with van der Waals surface area (Å²) in [6, 6.07) is 15.0. The van der Waals surface area contributed by atoms with Crippen LogP contribution >= 0.6 is 11.3 Å². The number of sulfone groups is 1. The zero-order valence-corrected chi connectivity index (χ0v) is 20.7. The molecule has 180 valence electrons. The number of hydrazine groups is 1. The molecule has 1 amide bonds. The molecule has 0 spiro atoms. The Morgan fingerprint density at radius 3 is 2.38 bits per heavy atom. The van der Waals surface area contributed by atoms with Crippen LogP contribution in [0.25, 0.3) is 0 Å². The summed E-state index contributed by atoms with van der Waals surface area (Å²) in [5.74, 6) is 4.92. The van der Waals surface area contributed by atoms with Crippen molar-refractivity contribution in [2.75, 3.05) is 23.4 Å².